The maximum atomic E-state index is 13.5. The molecular weight excluding hydrogens is 501 g/mol. The van der Waals surface area contributed by atoms with Crippen molar-refractivity contribution in [2.45, 2.75) is 25.4 Å². The van der Waals surface area contributed by atoms with Crippen molar-refractivity contribution in [3.63, 3.8) is 0 Å². The first-order valence-corrected chi connectivity index (χ1v) is 12.7. The van der Waals surface area contributed by atoms with E-state index in [-0.39, 0.29) is 28.6 Å². The van der Waals surface area contributed by atoms with Gasteiger partial charge in [0.15, 0.2) is 11.5 Å². The fraction of sp³-hybridized carbons (Fsp3) is 0.462. The van der Waals surface area contributed by atoms with Crippen LogP contribution in [0.1, 0.15) is 19.3 Å². The quantitative estimate of drug-likeness (QED) is 0.470. The number of methoxy groups -OCH3 is 1. The van der Waals surface area contributed by atoms with Crippen LogP contribution in [0.5, 0.6) is 0 Å². The van der Waals surface area contributed by atoms with Crippen molar-refractivity contribution in [2.24, 2.45) is 5.73 Å². The Bertz CT molecular complexity index is 1110. The Morgan fingerprint density at radius 1 is 1.22 bits per heavy atom. The van der Waals surface area contributed by atoms with Gasteiger partial charge in [-0.3, -0.25) is 15.1 Å². The van der Waals surface area contributed by atoms with E-state index in [2.05, 4.69) is 10.2 Å². The van der Waals surface area contributed by atoms with Crippen molar-refractivity contribution in [1.82, 2.24) is 9.80 Å². The van der Waals surface area contributed by atoms with E-state index in [1.54, 1.807) is 12.2 Å². The number of allylic oxidation sites excluding steroid dienone is 3. The first-order chi connectivity index (χ1) is 17.8. The lowest BCUT2D eigenvalue weighted by Crippen LogP contribution is -2.43. The molecule has 4 rings (SSSR count). The average Bonchev–Trinajstić information content (AvgIpc) is 2.91. The van der Waals surface area contributed by atoms with Gasteiger partial charge < -0.3 is 30.2 Å². The number of hydrogen-bond acceptors (Lipinski definition) is 8. The number of rotatable bonds is 8. The van der Waals surface area contributed by atoms with Crippen LogP contribution in [0, 0.1) is 11.2 Å². The number of amides is 1. The SMILES string of the molecule is COC1=CC(=N)/C(=C(\N)Nc2ccc(F)c(Cl)c2)C=C1OC1CCN(C(=O)CCN2CCOCC2)CC1. The van der Waals surface area contributed by atoms with Gasteiger partial charge in [-0.2, -0.15) is 0 Å². The Hall–Kier alpha value is -3.08. The third-order valence-corrected chi connectivity index (χ3v) is 6.92. The fourth-order valence-corrected chi connectivity index (χ4v) is 4.65. The van der Waals surface area contributed by atoms with Crippen LogP contribution in [0.15, 0.2) is 53.3 Å². The lowest BCUT2D eigenvalue weighted by molar-refractivity contribution is -0.134. The summed E-state index contributed by atoms with van der Waals surface area (Å²) in [4.78, 5) is 16.9. The van der Waals surface area contributed by atoms with Crippen LogP contribution in [-0.4, -0.2) is 80.6 Å². The van der Waals surface area contributed by atoms with Crippen LogP contribution in [0.3, 0.4) is 0 Å². The Morgan fingerprint density at radius 2 is 1.95 bits per heavy atom. The Morgan fingerprint density at radius 3 is 2.62 bits per heavy atom. The third-order valence-electron chi connectivity index (χ3n) is 6.63. The van der Waals surface area contributed by atoms with Gasteiger partial charge in [-0.25, -0.2) is 4.39 Å². The second-order valence-electron chi connectivity index (χ2n) is 9.12. The number of ether oxygens (including phenoxy) is 3. The van der Waals surface area contributed by atoms with Gasteiger partial charge in [-0.15, -0.1) is 0 Å². The fourth-order valence-electron chi connectivity index (χ4n) is 4.47. The molecule has 9 nitrogen and oxygen atoms in total. The summed E-state index contributed by atoms with van der Waals surface area (Å²) in [6, 6.07) is 4.17. The predicted octanol–water partition coefficient (Wildman–Crippen LogP) is 3.24. The number of morpholine rings is 1. The van der Waals surface area contributed by atoms with E-state index in [0.29, 0.717) is 55.1 Å². The zero-order valence-corrected chi connectivity index (χ0v) is 21.7. The first kappa shape index (κ1) is 27.0. The van der Waals surface area contributed by atoms with Gasteiger partial charge in [-0.05, 0) is 24.3 Å². The molecule has 11 heteroatoms. The van der Waals surface area contributed by atoms with Crippen molar-refractivity contribution in [3.8, 4) is 0 Å². The minimum absolute atomic E-state index is 0.0337. The molecule has 0 saturated carbocycles. The van der Waals surface area contributed by atoms with Gasteiger partial charge in [0, 0.05) is 69.3 Å². The number of nitrogens with one attached hydrogen (secondary N) is 2. The van der Waals surface area contributed by atoms with Gasteiger partial charge in [0.05, 0.1) is 31.1 Å². The zero-order valence-electron chi connectivity index (χ0n) is 20.9. The van der Waals surface area contributed by atoms with Crippen LogP contribution >= 0.6 is 11.6 Å². The topological polar surface area (TPSA) is 113 Å². The van der Waals surface area contributed by atoms with Crippen molar-refractivity contribution in [2.75, 3.05) is 58.4 Å². The van der Waals surface area contributed by atoms with Crippen LogP contribution in [-0.2, 0) is 19.0 Å². The maximum Gasteiger partial charge on any atom is 0.223 e. The molecule has 1 aliphatic carbocycles. The van der Waals surface area contributed by atoms with E-state index in [9.17, 15) is 9.18 Å². The number of piperidine rings is 1. The van der Waals surface area contributed by atoms with Crippen LogP contribution < -0.4 is 11.1 Å². The third kappa shape index (κ3) is 7.03. The number of carbonyl (C=O) groups is 1. The number of nitrogens with two attached hydrogens (primary N) is 1. The van der Waals surface area contributed by atoms with Crippen LogP contribution in [0.4, 0.5) is 10.1 Å². The highest BCUT2D eigenvalue weighted by atomic mass is 35.5. The lowest BCUT2D eigenvalue weighted by Gasteiger charge is -2.34. The van der Waals surface area contributed by atoms with Crippen molar-refractivity contribution in [3.05, 3.63) is 64.1 Å². The number of benzene rings is 1. The summed E-state index contributed by atoms with van der Waals surface area (Å²) in [5, 5.41) is 11.3. The van der Waals surface area contributed by atoms with Gasteiger partial charge >= 0.3 is 0 Å². The molecule has 2 aliphatic heterocycles. The summed E-state index contributed by atoms with van der Waals surface area (Å²) in [6.45, 7) is 5.21. The summed E-state index contributed by atoms with van der Waals surface area (Å²) in [7, 11) is 1.52. The number of likely N-dealkylation sites (tertiary alicyclic amines) is 1. The Labute approximate surface area is 221 Å². The minimum atomic E-state index is -0.531. The Kier molecular flexibility index (Phi) is 9.07. The molecule has 200 valence electrons. The molecule has 4 N–H and O–H groups in total. The monoisotopic (exact) mass is 533 g/mol. The highest BCUT2D eigenvalue weighted by molar-refractivity contribution is 6.31. The van der Waals surface area contributed by atoms with Crippen molar-refractivity contribution in [1.29, 1.82) is 5.41 Å². The van der Waals surface area contributed by atoms with E-state index in [4.69, 9.17) is 37.0 Å². The van der Waals surface area contributed by atoms with Gasteiger partial charge in [0.2, 0.25) is 5.91 Å². The maximum absolute atomic E-state index is 13.5. The van der Waals surface area contributed by atoms with Gasteiger partial charge in [0.1, 0.15) is 17.7 Å². The van der Waals surface area contributed by atoms with Crippen molar-refractivity contribution >= 4 is 28.9 Å². The summed E-state index contributed by atoms with van der Waals surface area (Å²) < 4.78 is 30.5. The molecule has 0 aromatic heterocycles. The molecular formula is C26H33ClFN5O4. The molecule has 3 aliphatic rings. The lowest BCUT2D eigenvalue weighted by atomic mass is 10.0. The van der Waals surface area contributed by atoms with E-state index >= 15 is 0 Å². The molecule has 1 amide bonds. The standard InChI is InChI=1S/C26H33ClFN5O4/c1-35-23-16-22(29)19(26(30)31-17-2-3-21(28)20(27)14-17)15-24(23)37-18-4-8-33(9-5-18)25(34)6-7-32-10-12-36-13-11-32/h2-3,14-16,18,29,31H,4-13,30H2,1H3/b26-19+,29-22?. The van der Waals surface area contributed by atoms with Crippen LogP contribution in [0.25, 0.3) is 0 Å². The number of halogens is 2. The summed E-state index contributed by atoms with van der Waals surface area (Å²) in [5.41, 5.74) is 7.29. The number of nitrogens with zero attached hydrogens (tertiary/aromatic N) is 2. The normalized spacial score (nSPS) is 20.7. The minimum Gasteiger partial charge on any atom is -0.493 e. The van der Waals surface area contributed by atoms with E-state index in [0.717, 1.165) is 32.8 Å². The first-order valence-electron chi connectivity index (χ1n) is 12.4. The molecule has 37 heavy (non-hydrogen) atoms. The van der Waals surface area contributed by atoms with E-state index in [1.807, 2.05) is 4.90 Å². The van der Waals surface area contributed by atoms with Gasteiger partial charge in [-0.1, -0.05) is 11.6 Å². The highest BCUT2D eigenvalue weighted by Gasteiger charge is 2.27. The highest BCUT2D eigenvalue weighted by Crippen LogP contribution is 2.28. The average molecular weight is 534 g/mol. The molecule has 2 heterocycles. The molecule has 0 spiro atoms. The van der Waals surface area contributed by atoms with E-state index < -0.39 is 5.82 Å². The molecule has 2 fully saturated rings. The zero-order chi connectivity index (χ0) is 26.4. The summed E-state index contributed by atoms with van der Waals surface area (Å²) in [6.07, 6.45) is 4.99. The Balaban J connectivity index is 1.35. The molecule has 0 unspecified atom stereocenters. The molecule has 0 bridgehead atoms. The second-order valence-corrected chi connectivity index (χ2v) is 9.53. The number of anilines is 1. The molecule has 2 saturated heterocycles. The second kappa shape index (κ2) is 12.4. The molecule has 0 atom stereocenters. The van der Waals surface area contributed by atoms with Crippen molar-refractivity contribution < 1.29 is 23.4 Å². The van der Waals surface area contributed by atoms with Crippen LogP contribution in [0.2, 0.25) is 5.02 Å². The summed E-state index contributed by atoms with van der Waals surface area (Å²) >= 11 is 5.86. The number of hydrogen-bond donors (Lipinski definition) is 3. The largest absolute Gasteiger partial charge is 0.493 e. The number of carbonyl (C=O) groups excluding carboxylic acids is 1. The predicted molar refractivity (Wildman–Crippen MR) is 140 cm³/mol. The van der Waals surface area contributed by atoms with Gasteiger partial charge in [0.25, 0.3) is 0 Å². The molecule has 1 aromatic carbocycles. The summed E-state index contributed by atoms with van der Waals surface area (Å²) in [5.74, 6) is 0.721. The smallest absolute Gasteiger partial charge is 0.223 e. The van der Waals surface area contributed by atoms with E-state index in [1.165, 1.54) is 25.3 Å². The molecule has 1 aromatic rings. The molecule has 0 radical (unpaired) electrons.